The van der Waals surface area contributed by atoms with Gasteiger partial charge in [-0.25, -0.2) is 4.99 Å². The Morgan fingerprint density at radius 1 is 1.15 bits per heavy atom. The summed E-state index contributed by atoms with van der Waals surface area (Å²) >= 11 is 4.91. The Morgan fingerprint density at radius 2 is 1.90 bits per heavy atom. The first-order chi connectivity index (χ1) is 19.4. The number of nitro benzene ring substituents is 1. The van der Waals surface area contributed by atoms with Crippen LogP contribution in [0, 0.1) is 21.4 Å². The minimum atomic E-state index is -0.501. The van der Waals surface area contributed by atoms with Gasteiger partial charge in [-0.05, 0) is 83.1 Å². The molecule has 1 N–H and O–H groups in total. The Hall–Kier alpha value is -4.33. The lowest BCUT2D eigenvalue weighted by atomic mass is 9.95. The first kappa shape index (κ1) is 27.2. The smallest absolute Gasteiger partial charge is 0.312 e. The molecule has 0 saturated heterocycles. The number of nitro groups is 1. The molecule has 3 aromatic carbocycles. The zero-order chi connectivity index (χ0) is 28.1. The Balaban J connectivity index is 1.42. The number of hydrogen-bond donors (Lipinski definition) is 1. The van der Waals surface area contributed by atoms with Crippen LogP contribution in [0.1, 0.15) is 50.3 Å². The number of ether oxygens (including phenoxy) is 1. The number of aryl methyl sites for hydroxylation is 1. The number of amides is 1. The molecule has 1 aliphatic carbocycles. The molecule has 0 bridgehead atoms. The summed E-state index contributed by atoms with van der Waals surface area (Å²) in [5, 5.41) is 24.4. The van der Waals surface area contributed by atoms with E-state index in [0.29, 0.717) is 31.9 Å². The van der Waals surface area contributed by atoms with Crippen LogP contribution >= 0.6 is 27.3 Å². The van der Waals surface area contributed by atoms with Crippen molar-refractivity contribution in [2.75, 3.05) is 5.32 Å². The maximum absolute atomic E-state index is 13.3. The van der Waals surface area contributed by atoms with Crippen LogP contribution in [-0.4, -0.2) is 17.0 Å². The van der Waals surface area contributed by atoms with E-state index in [0.717, 1.165) is 41.7 Å². The molecule has 40 heavy (non-hydrogen) atoms. The number of nitriles is 1. The van der Waals surface area contributed by atoms with Crippen molar-refractivity contribution in [2.45, 2.75) is 32.3 Å². The molecule has 0 spiro atoms. The number of fused-ring (bicyclic) bond motifs is 1. The summed E-state index contributed by atoms with van der Waals surface area (Å²) in [6.07, 6.45) is 5.35. The highest BCUT2D eigenvalue weighted by Gasteiger charge is 2.26. The van der Waals surface area contributed by atoms with Gasteiger partial charge in [0.15, 0.2) is 0 Å². The molecule has 1 aromatic heterocycles. The number of benzene rings is 3. The number of thiophene rings is 1. The average Bonchev–Trinajstić information content (AvgIpc) is 3.34. The number of carbonyl (C=O) groups excluding carboxylic acids is 1. The summed E-state index contributed by atoms with van der Waals surface area (Å²) in [5.41, 5.74) is 3.88. The van der Waals surface area contributed by atoms with Crippen molar-refractivity contribution in [3.63, 3.8) is 0 Å². The number of carbonyl (C=O) groups is 1. The van der Waals surface area contributed by atoms with E-state index in [1.54, 1.807) is 36.5 Å². The van der Waals surface area contributed by atoms with Gasteiger partial charge in [-0.2, -0.15) is 5.26 Å². The van der Waals surface area contributed by atoms with Crippen LogP contribution in [0.25, 0.3) is 0 Å². The van der Waals surface area contributed by atoms with E-state index in [1.165, 1.54) is 17.4 Å². The monoisotopic (exact) mass is 614 g/mol. The molecule has 1 heterocycles. The Bertz CT molecular complexity index is 1640. The first-order valence-electron chi connectivity index (χ1n) is 12.6. The molecule has 0 aliphatic heterocycles. The number of halogens is 1. The van der Waals surface area contributed by atoms with Crippen LogP contribution in [0.3, 0.4) is 0 Å². The number of aliphatic imine (C=N–C) groups is 1. The van der Waals surface area contributed by atoms with Crippen LogP contribution in [-0.2, 0) is 19.4 Å². The van der Waals surface area contributed by atoms with Gasteiger partial charge in [-0.15, -0.1) is 11.3 Å². The second-order valence-corrected chi connectivity index (χ2v) is 11.1. The molecular weight excluding hydrogens is 592 g/mol. The topological polar surface area (TPSA) is 118 Å². The Kier molecular flexibility index (Phi) is 8.34. The molecule has 200 valence electrons. The van der Waals surface area contributed by atoms with Crippen LogP contribution in [0.5, 0.6) is 5.75 Å². The predicted molar refractivity (Wildman–Crippen MR) is 159 cm³/mol. The fraction of sp³-hybridized carbons (Fsp3) is 0.167. The number of anilines is 1. The second kappa shape index (κ2) is 12.2. The fourth-order valence-corrected chi connectivity index (χ4v) is 6.32. The lowest BCUT2D eigenvalue weighted by Gasteiger charge is -2.12. The van der Waals surface area contributed by atoms with Crippen molar-refractivity contribution in [1.82, 2.24) is 0 Å². The number of para-hydroxylation sites is 1. The minimum absolute atomic E-state index is 0.0964. The summed E-state index contributed by atoms with van der Waals surface area (Å²) < 4.78 is 6.21. The minimum Gasteiger partial charge on any atom is -0.481 e. The van der Waals surface area contributed by atoms with Gasteiger partial charge in [0.1, 0.15) is 11.6 Å². The highest BCUT2D eigenvalue weighted by Crippen LogP contribution is 2.41. The third-order valence-corrected chi connectivity index (χ3v) is 8.24. The third kappa shape index (κ3) is 6.11. The molecule has 0 unspecified atom stereocenters. The van der Waals surface area contributed by atoms with E-state index in [1.807, 2.05) is 30.3 Å². The van der Waals surface area contributed by atoms with Gasteiger partial charge in [-0.3, -0.25) is 14.9 Å². The fourth-order valence-electron chi connectivity index (χ4n) is 4.51. The maximum Gasteiger partial charge on any atom is 0.312 e. The highest BCUT2D eigenvalue weighted by molar-refractivity contribution is 9.10. The SMILES string of the molecule is N#Cc1ccc(COc2c(Br)cc(C=Nc3sc4c(c3C(=O)Nc3ccccc3)CCCC4)cc2[N+](=O)[O-])cc1. The lowest BCUT2D eigenvalue weighted by Crippen LogP contribution is -2.14. The zero-order valence-corrected chi connectivity index (χ0v) is 23.6. The molecule has 0 fully saturated rings. The molecule has 1 aliphatic rings. The maximum atomic E-state index is 13.3. The summed E-state index contributed by atoms with van der Waals surface area (Å²) in [4.78, 5) is 30.6. The van der Waals surface area contributed by atoms with Gasteiger partial charge in [0.25, 0.3) is 5.91 Å². The Labute approximate surface area is 243 Å². The molecule has 5 rings (SSSR count). The van der Waals surface area contributed by atoms with Gasteiger partial charge < -0.3 is 10.1 Å². The van der Waals surface area contributed by atoms with Gasteiger partial charge >= 0.3 is 5.69 Å². The van der Waals surface area contributed by atoms with Crippen molar-refractivity contribution in [1.29, 1.82) is 5.26 Å². The Morgan fingerprint density at radius 3 is 2.62 bits per heavy atom. The quantitative estimate of drug-likeness (QED) is 0.124. The molecule has 1 amide bonds. The molecule has 0 saturated carbocycles. The van der Waals surface area contributed by atoms with Crippen LogP contribution in [0.2, 0.25) is 0 Å². The van der Waals surface area contributed by atoms with E-state index >= 15 is 0 Å². The standard InChI is InChI=1S/C30H23BrN4O4S/c31-24-14-21(15-25(35(37)38)28(24)39-18-20-12-10-19(16-32)11-13-20)17-33-30-27(23-8-4-5-9-26(23)40-30)29(36)34-22-6-2-1-3-7-22/h1-3,6-7,10-15,17H,4-5,8-9,18H2,(H,34,36). The molecule has 10 heteroatoms. The number of nitrogens with zero attached hydrogens (tertiary/aromatic N) is 3. The van der Waals surface area contributed by atoms with Crippen LogP contribution in [0.15, 0.2) is 76.2 Å². The van der Waals surface area contributed by atoms with Crippen LogP contribution in [0.4, 0.5) is 16.4 Å². The summed E-state index contributed by atoms with van der Waals surface area (Å²) in [5.74, 6) is -0.113. The van der Waals surface area contributed by atoms with Gasteiger partial charge in [0.2, 0.25) is 5.75 Å². The first-order valence-corrected chi connectivity index (χ1v) is 14.2. The normalized spacial score (nSPS) is 12.5. The zero-order valence-electron chi connectivity index (χ0n) is 21.2. The third-order valence-electron chi connectivity index (χ3n) is 6.45. The molecule has 0 radical (unpaired) electrons. The van der Waals surface area contributed by atoms with Gasteiger partial charge in [0.05, 0.1) is 26.6 Å². The van der Waals surface area contributed by atoms with Crippen molar-refractivity contribution < 1.29 is 14.5 Å². The van der Waals surface area contributed by atoms with Crippen molar-refractivity contribution in [2.24, 2.45) is 4.99 Å². The number of hydrogen-bond acceptors (Lipinski definition) is 7. The van der Waals surface area contributed by atoms with E-state index in [9.17, 15) is 14.9 Å². The van der Waals surface area contributed by atoms with E-state index in [2.05, 4.69) is 32.3 Å². The van der Waals surface area contributed by atoms with Crippen molar-refractivity contribution >= 4 is 55.8 Å². The molecule has 0 atom stereocenters. The van der Waals surface area contributed by atoms with Crippen molar-refractivity contribution in [3.8, 4) is 11.8 Å². The van der Waals surface area contributed by atoms with Crippen molar-refractivity contribution in [3.05, 3.63) is 114 Å². The second-order valence-electron chi connectivity index (χ2n) is 9.17. The van der Waals surface area contributed by atoms with Gasteiger partial charge in [0, 0.05) is 28.4 Å². The molecular formula is C30H23BrN4O4S. The lowest BCUT2D eigenvalue weighted by molar-refractivity contribution is -0.386. The number of nitrogens with one attached hydrogen (secondary N) is 1. The highest BCUT2D eigenvalue weighted by atomic mass is 79.9. The number of rotatable bonds is 8. The van der Waals surface area contributed by atoms with Crippen LogP contribution < -0.4 is 10.1 Å². The summed E-state index contributed by atoms with van der Waals surface area (Å²) in [6.45, 7) is 0.0964. The van der Waals surface area contributed by atoms with E-state index < -0.39 is 4.92 Å². The summed E-state index contributed by atoms with van der Waals surface area (Å²) in [7, 11) is 0. The largest absolute Gasteiger partial charge is 0.481 e. The van der Waals surface area contributed by atoms with Gasteiger partial charge in [-0.1, -0.05) is 30.3 Å². The molecule has 8 nitrogen and oxygen atoms in total. The predicted octanol–water partition coefficient (Wildman–Crippen LogP) is 7.75. The van der Waals surface area contributed by atoms with E-state index in [4.69, 9.17) is 10.00 Å². The molecule has 4 aromatic rings. The summed E-state index contributed by atoms with van der Waals surface area (Å²) in [6, 6.07) is 21.2. The van der Waals surface area contributed by atoms with E-state index in [-0.39, 0.29) is 24.0 Å². The average molecular weight is 616 g/mol.